The van der Waals surface area contributed by atoms with Gasteiger partial charge in [0.1, 0.15) is 40.8 Å². The molecule has 0 aromatic heterocycles. The third kappa shape index (κ3) is 9.36. The van der Waals surface area contributed by atoms with Crippen LogP contribution in [-0.4, -0.2) is 69.8 Å². The van der Waals surface area contributed by atoms with E-state index < -0.39 is 22.8 Å². The quantitative estimate of drug-likeness (QED) is 0.0536. The maximum atomic E-state index is 13.7. The number of nitrogens with zero attached hydrogens (tertiary/aromatic N) is 2. The van der Waals surface area contributed by atoms with Crippen LogP contribution in [0.15, 0.2) is 117 Å². The number of esters is 1. The number of rotatable bonds is 14. The summed E-state index contributed by atoms with van der Waals surface area (Å²) in [6, 6.07) is 15.2. The molecule has 1 fully saturated rings. The van der Waals surface area contributed by atoms with E-state index in [4.69, 9.17) is 83.2 Å². The summed E-state index contributed by atoms with van der Waals surface area (Å²) in [4.78, 5) is 57.7. The van der Waals surface area contributed by atoms with Crippen molar-refractivity contribution in [3.05, 3.63) is 183 Å². The zero-order chi connectivity index (χ0) is 52.2. The fourth-order valence-electron chi connectivity index (χ4n) is 9.50. The van der Waals surface area contributed by atoms with Crippen LogP contribution in [0, 0.1) is 0 Å². The highest BCUT2D eigenvalue weighted by Gasteiger charge is 2.33. The molecule has 18 heteroatoms. The van der Waals surface area contributed by atoms with Gasteiger partial charge in [0.15, 0.2) is 0 Å². The number of phenols is 2. The summed E-state index contributed by atoms with van der Waals surface area (Å²) in [6.45, 7) is 13.0. The van der Waals surface area contributed by atoms with Crippen LogP contribution in [0.2, 0.25) is 30.1 Å². The number of fused-ring (bicyclic) bond motifs is 4. The number of aromatic hydroxyl groups is 2. The molecular formula is C55H40Cl6N2O10. The minimum absolute atomic E-state index is 0.0224. The Balaban J connectivity index is 1.14. The molecule has 3 aliphatic heterocycles. The van der Waals surface area contributed by atoms with E-state index in [2.05, 4.69) is 29.5 Å². The number of carboxylic acid groups (broad SMARTS) is 1. The molecule has 0 atom stereocenters. The van der Waals surface area contributed by atoms with Gasteiger partial charge in [-0.05, 0) is 66.4 Å². The lowest BCUT2D eigenvalue weighted by Gasteiger charge is -2.35. The third-order valence-corrected chi connectivity index (χ3v) is 14.7. The van der Waals surface area contributed by atoms with Crippen molar-refractivity contribution in [2.24, 2.45) is 0 Å². The lowest BCUT2D eigenvalue weighted by Crippen LogP contribution is -2.45. The first-order chi connectivity index (χ1) is 35.0. The number of piperazine rings is 1. The second kappa shape index (κ2) is 20.9. The molecule has 5 aliphatic rings. The Morgan fingerprint density at radius 1 is 0.575 bits per heavy atom. The van der Waals surface area contributed by atoms with Gasteiger partial charge >= 0.3 is 11.9 Å². The highest BCUT2D eigenvalue weighted by Crippen LogP contribution is 2.50. The number of carbonyl (C=O) groups is 2. The zero-order valence-electron chi connectivity index (χ0n) is 38.4. The molecule has 4 aromatic rings. The summed E-state index contributed by atoms with van der Waals surface area (Å²) in [5.74, 6) is -2.23. The Labute approximate surface area is 446 Å². The van der Waals surface area contributed by atoms with E-state index in [0.717, 1.165) is 0 Å². The molecule has 12 nitrogen and oxygen atoms in total. The Morgan fingerprint density at radius 3 is 1.49 bits per heavy atom. The minimum atomic E-state index is -1.19. The van der Waals surface area contributed by atoms with Crippen molar-refractivity contribution < 1.29 is 38.5 Å². The Bertz CT molecular complexity index is 3710. The second-order valence-corrected chi connectivity index (χ2v) is 19.7. The number of phenolic OH excluding ortho intramolecular Hbond substituents is 2. The number of benzene rings is 6. The number of ether oxygens (including phenoxy) is 1. The van der Waals surface area contributed by atoms with Gasteiger partial charge in [0.2, 0.25) is 10.9 Å². The summed E-state index contributed by atoms with van der Waals surface area (Å²) in [7, 11) is 0. The number of halogens is 6. The molecule has 0 amide bonds. The van der Waals surface area contributed by atoms with Gasteiger partial charge in [-0.3, -0.25) is 19.4 Å². The fourth-order valence-corrected chi connectivity index (χ4v) is 10.7. The van der Waals surface area contributed by atoms with E-state index in [0.29, 0.717) is 70.3 Å². The van der Waals surface area contributed by atoms with Crippen LogP contribution in [0.3, 0.4) is 0 Å². The predicted octanol–water partition coefficient (Wildman–Crippen LogP) is 13.6. The fraction of sp³-hybridized carbons (Fsp3) is 0.164. The summed E-state index contributed by atoms with van der Waals surface area (Å²) >= 11 is 40.0. The number of aromatic carboxylic acids is 1. The monoisotopic (exact) mass is 1100 g/mol. The maximum absolute atomic E-state index is 13.7. The van der Waals surface area contributed by atoms with Crippen molar-refractivity contribution in [1.29, 1.82) is 0 Å². The Hall–Kier alpha value is -6.32. The van der Waals surface area contributed by atoms with Crippen molar-refractivity contribution >= 4 is 103 Å². The molecule has 0 saturated carbocycles. The van der Waals surface area contributed by atoms with Crippen molar-refractivity contribution in [3.63, 3.8) is 0 Å². The normalized spacial score (nSPS) is 13.3. The molecule has 3 heterocycles. The van der Waals surface area contributed by atoms with Gasteiger partial charge in [0, 0.05) is 83.4 Å². The van der Waals surface area contributed by atoms with Crippen LogP contribution in [-0.2, 0) is 30.7 Å². The highest BCUT2D eigenvalue weighted by molar-refractivity contribution is 6.42. The van der Waals surface area contributed by atoms with Gasteiger partial charge < -0.3 is 28.9 Å². The van der Waals surface area contributed by atoms with Gasteiger partial charge in [0.25, 0.3) is 0 Å². The molecule has 73 heavy (non-hydrogen) atoms. The topological polar surface area (TPSA) is 171 Å². The molecule has 1 saturated heterocycles. The molecule has 3 N–H and O–H groups in total. The first kappa shape index (κ1) is 51.6. The minimum Gasteiger partial charge on any atom is -0.506 e. The number of allylic oxidation sites excluding steroid dienone is 2. The molecule has 0 radical (unpaired) electrons. The summed E-state index contributed by atoms with van der Waals surface area (Å²) in [6.07, 6.45) is 4.61. The zero-order valence-corrected chi connectivity index (χ0v) is 42.9. The maximum Gasteiger partial charge on any atom is 0.339 e. The molecule has 4 aromatic carbocycles. The van der Waals surface area contributed by atoms with E-state index in [1.807, 2.05) is 0 Å². The summed E-state index contributed by atoms with van der Waals surface area (Å²) < 4.78 is 18.8. The van der Waals surface area contributed by atoms with Crippen molar-refractivity contribution in [2.45, 2.75) is 25.9 Å². The largest absolute Gasteiger partial charge is 0.506 e. The van der Waals surface area contributed by atoms with Gasteiger partial charge in [-0.15, -0.1) is 13.2 Å². The molecule has 372 valence electrons. The van der Waals surface area contributed by atoms with Crippen molar-refractivity contribution in [3.8, 4) is 56.4 Å². The van der Waals surface area contributed by atoms with Crippen LogP contribution in [0.1, 0.15) is 43.0 Å². The smallest absolute Gasteiger partial charge is 0.339 e. The van der Waals surface area contributed by atoms with Crippen LogP contribution in [0.5, 0.6) is 11.5 Å². The first-order valence-corrected chi connectivity index (χ1v) is 24.8. The lowest BCUT2D eigenvalue weighted by molar-refractivity contribution is 0.0550. The van der Waals surface area contributed by atoms with Crippen LogP contribution < -0.4 is 10.9 Å². The van der Waals surface area contributed by atoms with Gasteiger partial charge in [0.05, 0.1) is 52.4 Å². The lowest BCUT2D eigenvalue weighted by atomic mass is 9.88. The average Bonchev–Trinajstić information content (AvgIpc) is 3.37. The number of carbonyl (C=O) groups excluding carboxylic acids is 1. The molecule has 0 spiro atoms. The molecule has 0 bridgehead atoms. The molecular weight excluding hydrogens is 1060 g/mol. The van der Waals surface area contributed by atoms with E-state index in [1.165, 1.54) is 60.7 Å². The van der Waals surface area contributed by atoms with Crippen LogP contribution >= 0.6 is 69.6 Å². The highest BCUT2D eigenvalue weighted by atomic mass is 35.5. The Kier molecular flexibility index (Phi) is 14.8. The number of hydrogen-bond acceptors (Lipinski definition) is 11. The SMILES string of the molecule is C=CCOC(=O)c1cc(Cl)c(Cl)cc1-c1c2cc(Cl)c(=O)c(CC=C)c-2oc2c(CN3CCN(Cc4c(O)c(Cl)cc5c(-c6ccccc6C(=O)O)c6cc(Cl)c(=O)c(CC=C)c-6oc45)CC3)c(O)c(Cl)cc12. The van der Waals surface area contributed by atoms with Gasteiger partial charge in [-0.2, -0.15) is 0 Å². The second-order valence-electron chi connectivity index (χ2n) is 17.3. The Morgan fingerprint density at radius 2 is 1.03 bits per heavy atom. The van der Waals surface area contributed by atoms with Crippen molar-refractivity contribution in [1.82, 2.24) is 9.80 Å². The van der Waals surface area contributed by atoms with Crippen LogP contribution in [0.25, 0.3) is 66.8 Å². The van der Waals surface area contributed by atoms with E-state index in [9.17, 15) is 34.5 Å². The predicted molar refractivity (Wildman–Crippen MR) is 288 cm³/mol. The van der Waals surface area contributed by atoms with Crippen molar-refractivity contribution in [2.75, 3.05) is 32.8 Å². The van der Waals surface area contributed by atoms with E-state index in [-0.39, 0.29) is 130 Å². The molecule has 9 rings (SSSR count). The number of hydrogen-bond donors (Lipinski definition) is 3. The van der Waals surface area contributed by atoms with Gasteiger partial charge in [-0.25, -0.2) is 9.59 Å². The molecule has 0 unspecified atom stereocenters. The standard InChI is InChI=1S/C55H40Cl6N2O10/c1-4-9-28-46(64)40(58)20-32-44(26-11-7-8-12-27(26)54(68)69)33-21-42(60)48(66)36(52(33)72-50(28)32)24-62-13-15-63(16-14-62)25-37-49(67)43(61)23-35-45(30-18-38(56)39(57)19-31(30)55(70)71-17-6-3)34-22-41(59)47(65)29(10-5-2)51(34)73-53(35)37/h4-8,11-12,18-23,66-67H,1-3,9-10,13-17,24-25H2,(H,68,69). The van der Waals surface area contributed by atoms with E-state index >= 15 is 0 Å². The van der Waals surface area contributed by atoms with Gasteiger partial charge in [-0.1, -0.05) is 113 Å². The number of carboxylic acids is 1. The first-order valence-electron chi connectivity index (χ1n) is 22.5. The summed E-state index contributed by atoms with van der Waals surface area (Å²) in [5, 5.41) is 34.4. The molecule has 2 aliphatic carbocycles. The average molecular weight is 1100 g/mol. The summed E-state index contributed by atoms with van der Waals surface area (Å²) in [5.41, 5.74) is 2.25. The van der Waals surface area contributed by atoms with Crippen LogP contribution in [0.4, 0.5) is 0 Å². The third-order valence-electron chi connectivity index (χ3n) is 12.9. The van der Waals surface area contributed by atoms with E-state index in [1.54, 1.807) is 18.2 Å².